The molecule has 20 heavy (non-hydrogen) atoms. The van der Waals surface area contributed by atoms with Crippen LogP contribution < -0.4 is 5.32 Å². The van der Waals surface area contributed by atoms with Crippen LogP contribution in [0.25, 0.3) is 0 Å². The predicted octanol–water partition coefficient (Wildman–Crippen LogP) is 3.89. The number of amides is 1. The molecule has 0 bridgehead atoms. The van der Waals surface area contributed by atoms with E-state index in [4.69, 9.17) is 9.22 Å². The van der Waals surface area contributed by atoms with E-state index in [9.17, 15) is 4.79 Å². The van der Waals surface area contributed by atoms with Gasteiger partial charge in [0, 0.05) is 10.3 Å². The quantitative estimate of drug-likeness (QED) is 0.374. The Morgan fingerprint density at radius 3 is 2.60 bits per heavy atom. The van der Waals surface area contributed by atoms with E-state index in [2.05, 4.69) is 5.32 Å². The normalized spacial score (nSPS) is 13.1. The van der Waals surface area contributed by atoms with E-state index in [1.54, 1.807) is 0 Å². The van der Waals surface area contributed by atoms with Crippen molar-refractivity contribution in [2.24, 2.45) is 5.41 Å². The van der Waals surface area contributed by atoms with Gasteiger partial charge >= 0.3 is 0 Å². The molecule has 1 N–H and O–H groups in total. The molecule has 0 saturated heterocycles. The number of carbonyl (C=O) groups is 1. The van der Waals surface area contributed by atoms with Crippen molar-refractivity contribution in [1.29, 1.82) is 0 Å². The molecule has 1 rings (SSSR count). The van der Waals surface area contributed by atoms with Gasteiger partial charge in [-0.2, -0.15) is 4.33 Å². The summed E-state index contributed by atoms with van der Waals surface area (Å²) in [5.74, 6) is 0.0236. The fraction of sp³-hybridized carbons (Fsp3) is 0.533. The number of nitrogens with one attached hydrogen (secondary N) is 1. The van der Waals surface area contributed by atoms with Crippen molar-refractivity contribution in [2.75, 3.05) is 6.61 Å². The maximum atomic E-state index is 12.0. The molecule has 0 fully saturated rings. The molecule has 1 atom stereocenters. The third-order valence-corrected chi connectivity index (χ3v) is 3.42. The van der Waals surface area contributed by atoms with Crippen LogP contribution in [0.5, 0.6) is 0 Å². The van der Waals surface area contributed by atoms with E-state index in [0.29, 0.717) is 6.61 Å². The molecule has 0 aromatic heterocycles. The van der Waals surface area contributed by atoms with Gasteiger partial charge in [0.1, 0.15) is 0 Å². The highest BCUT2D eigenvalue weighted by Gasteiger charge is 2.23. The average Bonchev–Trinajstić information content (AvgIpc) is 2.38. The second kappa shape index (κ2) is 7.67. The first-order chi connectivity index (χ1) is 9.36. The van der Waals surface area contributed by atoms with E-state index in [-0.39, 0.29) is 11.9 Å². The van der Waals surface area contributed by atoms with Crippen molar-refractivity contribution in [2.45, 2.75) is 45.6 Å². The Hall–Kier alpha value is -1.04. The van der Waals surface area contributed by atoms with Crippen LogP contribution >= 0.6 is 12.0 Å². The summed E-state index contributed by atoms with van der Waals surface area (Å²) in [6, 6.07) is 7.71. The second-order valence-electron chi connectivity index (χ2n) is 5.54. The highest BCUT2D eigenvalue weighted by molar-refractivity contribution is 7.94. The fourth-order valence-corrected chi connectivity index (χ4v) is 2.21. The maximum absolute atomic E-state index is 12.0. The Balaban J connectivity index is 2.77. The molecule has 0 spiro atoms. The highest BCUT2D eigenvalue weighted by atomic mass is 32.2. The monoisotopic (exact) mass is 297 g/mol. The van der Waals surface area contributed by atoms with Gasteiger partial charge in [-0.1, -0.05) is 39.0 Å². The molecule has 0 saturated carbocycles. The maximum Gasteiger partial charge on any atom is 0.225 e. The minimum Gasteiger partial charge on any atom is -0.349 e. The van der Waals surface area contributed by atoms with Gasteiger partial charge < -0.3 is 5.32 Å². The summed E-state index contributed by atoms with van der Waals surface area (Å²) in [5, 5.41) is 3.02. The topological polar surface area (TPSA) is 47.6 Å². The molecule has 1 amide bonds. The van der Waals surface area contributed by atoms with Crippen molar-refractivity contribution in [3.63, 3.8) is 0 Å². The number of rotatable bonds is 6. The van der Waals surface area contributed by atoms with Gasteiger partial charge in [0.2, 0.25) is 5.91 Å². The van der Waals surface area contributed by atoms with Gasteiger partial charge in [0.15, 0.2) is 0 Å². The van der Waals surface area contributed by atoms with Crippen LogP contribution in [0.3, 0.4) is 0 Å². The minimum atomic E-state index is -0.405. The van der Waals surface area contributed by atoms with Gasteiger partial charge in [0.25, 0.3) is 0 Å². The summed E-state index contributed by atoms with van der Waals surface area (Å²) >= 11 is 1.16. The molecule has 0 unspecified atom stereocenters. The van der Waals surface area contributed by atoms with Crippen LogP contribution in [0.4, 0.5) is 0 Å². The Labute approximate surface area is 125 Å². The molecule has 0 aliphatic heterocycles. The zero-order valence-electron chi connectivity index (χ0n) is 12.7. The van der Waals surface area contributed by atoms with Crippen molar-refractivity contribution in [3.05, 3.63) is 29.8 Å². The van der Waals surface area contributed by atoms with Crippen LogP contribution in [0.15, 0.2) is 29.2 Å². The van der Waals surface area contributed by atoms with Gasteiger partial charge in [0.05, 0.1) is 24.7 Å². The molecule has 0 aliphatic rings. The van der Waals surface area contributed by atoms with E-state index >= 15 is 0 Å². The van der Waals surface area contributed by atoms with E-state index in [1.165, 1.54) is 0 Å². The van der Waals surface area contributed by atoms with Gasteiger partial charge in [-0.15, -0.1) is 0 Å². The second-order valence-corrected chi connectivity index (χ2v) is 6.28. The Kier molecular flexibility index (Phi) is 6.52. The third-order valence-electron chi connectivity index (χ3n) is 2.70. The van der Waals surface area contributed by atoms with E-state index in [0.717, 1.165) is 22.5 Å². The Morgan fingerprint density at radius 1 is 1.35 bits per heavy atom. The summed E-state index contributed by atoms with van der Waals surface area (Å²) in [6.45, 7) is 10.0. The van der Waals surface area contributed by atoms with Crippen molar-refractivity contribution < 1.29 is 14.0 Å². The zero-order chi connectivity index (χ0) is 15.2. The number of carbonyl (C=O) groups excluding carboxylic acids is 1. The number of benzene rings is 1. The molecular formula is C15H23NO3S. The predicted molar refractivity (Wildman–Crippen MR) is 81.0 cm³/mol. The van der Waals surface area contributed by atoms with Gasteiger partial charge in [-0.25, -0.2) is 4.89 Å². The summed E-state index contributed by atoms with van der Waals surface area (Å²) in [4.78, 5) is 17.9. The van der Waals surface area contributed by atoms with Gasteiger partial charge in [-0.3, -0.25) is 4.79 Å². The van der Waals surface area contributed by atoms with Crippen LogP contribution in [-0.2, 0) is 14.0 Å². The lowest BCUT2D eigenvalue weighted by atomic mass is 9.94. The number of hydrogen-bond acceptors (Lipinski definition) is 4. The van der Waals surface area contributed by atoms with Gasteiger partial charge in [-0.05, 0) is 25.5 Å². The van der Waals surface area contributed by atoms with Crippen molar-refractivity contribution >= 4 is 17.9 Å². The van der Waals surface area contributed by atoms with E-state index < -0.39 is 5.41 Å². The molecule has 112 valence electrons. The molecule has 0 heterocycles. The Bertz CT molecular complexity index is 443. The van der Waals surface area contributed by atoms with E-state index in [1.807, 2.05) is 58.9 Å². The minimum absolute atomic E-state index is 0.0236. The summed E-state index contributed by atoms with van der Waals surface area (Å²) in [6.07, 6.45) is 0. The molecule has 0 radical (unpaired) electrons. The first-order valence-corrected chi connectivity index (χ1v) is 7.46. The lowest BCUT2D eigenvalue weighted by Crippen LogP contribution is -2.36. The summed E-state index contributed by atoms with van der Waals surface area (Å²) in [7, 11) is 0. The SMILES string of the molecule is CCOOSc1ccccc1[C@@H](C)NC(=O)C(C)(C)C. The molecule has 5 heteroatoms. The zero-order valence-corrected chi connectivity index (χ0v) is 13.5. The highest BCUT2D eigenvalue weighted by Crippen LogP contribution is 2.29. The van der Waals surface area contributed by atoms with Crippen LogP contribution in [-0.4, -0.2) is 12.5 Å². The Morgan fingerprint density at radius 2 is 2.00 bits per heavy atom. The smallest absolute Gasteiger partial charge is 0.225 e. The summed E-state index contributed by atoms with van der Waals surface area (Å²) in [5.41, 5.74) is 0.604. The molecular weight excluding hydrogens is 274 g/mol. The molecule has 1 aromatic carbocycles. The first kappa shape index (κ1) is 17.0. The summed E-state index contributed by atoms with van der Waals surface area (Å²) < 4.78 is 5.04. The standard InChI is InChI=1S/C15H23NO3S/c1-6-18-19-20-13-10-8-7-9-12(13)11(2)16-14(17)15(3,4)5/h7-11H,6H2,1-5H3,(H,16,17)/t11-/m1/s1. The lowest BCUT2D eigenvalue weighted by Gasteiger charge is -2.23. The molecule has 1 aromatic rings. The average molecular weight is 297 g/mol. The van der Waals surface area contributed by atoms with Crippen molar-refractivity contribution in [1.82, 2.24) is 5.32 Å². The van der Waals surface area contributed by atoms with Crippen LogP contribution in [0.2, 0.25) is 0 Å². The molecule has 4 nitrogen and oxygen atoms in total. The lowest BCUT2D eigenvalue weighted by molar-refractivity contribution is -0.185. The largest absolute Gasteiger partial charge is 0.349 e. The first-order valence-electron chi connectivity index (χ1n) is 6.72. The molecule has 0 aliphatic carbocycles. The van der Waals surface area contributed by atoms with Crippen LogP contribution in [0, 0.1) is 5.41 Å². The van der Waals surface area contributed by atoms with Crippen molar-refractivity contribution in [3.8, 4) is 0 Å². The van der Waals surface area contributed by atoms with Crippen LogP contribution in [0.1, 0.15) is 46.2 Å². The third kappa shape index (κ3) is 5.15. The number of hydrogen-bond donors (Lipinski definition) is 1. The fourth-order valence-electron chi connectivity index (χ4n) is 1.51.